The van der Waals surface area contributed by atoms with Crippen LogP contribution < -0.4 is 19.5 Å². The predicted molar refractivity (Wildman–Crippen MR) is 145 cm³/mol. The number of carbonyl (C=O) groups is 1. The molecule has 0 fully saturated rings. The van der Waals surface area contributed by atoms with Crippen molar-refractivity contribution in [2.24, 2.45) is 0 Å². The molecular formula is C27H24ClN3O6S. The van der Waals surface area contributed by atoms with E-state index in [-0.39, 0.29) is 16.6 Å². The first-order chi connectivity index (χ1) is 18.2. The molecule has 0 saturated heterocycles. The van der Waals surface area contributed by atoms with Crippen molar-refractivity contribution in [1.82, 2.24) is 5.16 Å². The molecule has 4 aromatic rings. The Labute approximate surface area is 225 Å². The topological polar surface area (TPSA) is 120 Å². The minimum absolute atomic E-state index is 0.0113. The van der Waals surface area contributed by atoms with Crippen molar-refractivity contribution in [3.8, 4) is 11.5 Å². The van der Waals surface area contributed by atoms with E-state index >= 15 is 0 Å². The number of aryl methyl sites for hydroxylation is 1. The van der Waals surface area contributed by atoms with Crippen molar-refractivity contribution in [2.75, 3.05) is 17.1 Å². The number of benzene rings is 3. The first-order valence-electron chi connectivity index (χ1n) is 11.3. The molecule has 0 saturated carbocycles. The highest BCUT2D eigenvalue weighted by molar-refractivity contribution is 7.92. The summed E-state index contributed by atoms with van der Waals surface area (Å²) in [5.41, 5.74) is 2.12. The van der Waals surface area contributed by atoms with Gasteiger partial charge in [-0.25, -0.2) is 8.42 Å². The average molecular weight is 554 g/mol. The van der Waals surface area contributed by atoms with E-state index in [0.29, 0.717) is 34.6 Å². The maximum atomic E-state index is 12.5. The Hall–Kier alpha value is -4.28. The van der Waals surface area contributed by atoms with Gasteiger partial charge in [-0.3, -0.25) is 9.52 Å². The summed E-state index contributed by atoms with van der Waals surface area (Å²) in [6, 6.07) is 19.9. The number of carbonyl (C=O) groups excluding carboxylic acids is 1. The molecule has 0 radical (unpaired) electrons. The minimum Gasteiger partial charge on any atom is -0.493 e. The normalized spacial score (nSPS) is 11.3. The van der Waals surface area contributed by atoms with Crippen LogP contribution in [0.25, 0.3) is 6.08 Å². The molecule has 2 N–H and O–H groups in total. The number of methoxy groups -OCH3 is 1. The van der Waals surface area contributed by atoms with Crippen LogP contribution in [-0.2, 0) is 21.4 Å². The standard InChI is InChI=1S/C27H24ClN3O6S/c1-18-15-26(30-37-18)31-38(33,34)23-11-9-22(10-12-23)29-27(32)14-6-19-5-13-24(25(16-19)35-2)36-17-20-3-7-21(28)8-4-20/h3-16H,17H2,1-2H3,(H,29,32)(H,30,31). The van der Waals surface area contributed by atoms with Gasteiger partial charge in [0.15, 0.2) is 17.3 Å². The summed E-state index contributed by atoms with van der Waals surface area (Å²) in [5.74, 6) is 1.26. The number of halogens is 1. The van der Waals surface area contributed by atoms with Gasteiger partial charge >= 0.3 is 0 Å². The molecule has 4 rings (SSSR count). The highest BCUT2D eigenvalue weighted by Crippen LogP contribution is 2.29. The third-order valence-corrected chi connectivity index (χ3v) is 6.84. The Morgan fingerprint density at radius 2 is 1.76 bits per heavy atom. The van der Waals surface area contributed by atoms with Crippen LogP contribution in [0, 0.1) is 6.92 Å². The van der Waals surface area contributed by atoms with E-state index in [4.69, 9.17) is 25.6 Å². The number of anilines is 2. The zero-order chi connectivity index (χ0) is 27.1. The van der Waals surface area contributed by atoms with Gasteiger partial charge < -0.3 is 19.3 Å². The molecule has 0 spiro atoms. The van der Waals surface area contributed by atoms with Crippen LogP contribution in [0.5, 0.6) is 11.5 Å². The number of nitrogens with zero attached hydrogens (tertiary/aromatic N) is 1. The lowest BCUT2D eigenvalue weighted by Crippen LogP contribution is -2.13. The zero-order valence-electron chi connectivity index (χ0n) is 20.5. The van der Waals surface area contributed by atoms with Gasteiger partial charge in [-0.05, 0) is 72.7 Å². The summed E-state index contributed by atoms with van der Waals surface area (Å²) in [6.45, 7) is 2.00. The van der Waals surface area contributed by atoms with Gasteiger partial charge in [0.05, 0.1) is 12.0 Å². The summed E-state index contributed by atoms with van der Waals surface area (Å²) in [5, 5.41) is 6.97. The number of hydrogen-bond acceptors (Lipinski definition) is 7. The Bertz CT molecular complexity index is 1550. The fourth-order valence-corrected chi connectivity index (χ4v) is 4.44. The summed E-state index contributed by atoms with van der Waals surface area (Å²) in [4.78, 5) is 12.4. The maximum Gasteiger partial charge on any atom is 0.263 e. The van der Waals surface area contributed by atoms with Gasteiger partial charge in [-0.2, -0.15) is 0 Å². The van der Waals surface area contributed by atoms with Crippen LogP contribution in [0.15, 0.2) is 88.3 Å². The molecule has 0 aliphatic rings. The molecule has 196 valence electrons. The van der Waals surface area contributed by atoms with Crippen molar-refractivity contribution in [2.45, 2.75) is 18.4 Å². The van der Waals surface area contributed by atoms with Crippen molar-refractivity contribution in [3.05, 3.63) is 101 Å². The molecule has 11 heteroatoms. The van der Waals surface area contributed by atoms with Crippen LogP contribution in [0.2, 0.25) is 5.02 Å². The smallest absolute Gasteiger partial charge is 0.263 e. The first-order valence-corrected chi connectivity index (χ1v) is 13.2. The number of rotatable bonds is 10. The second-order valence-corrected chi connectivity index (χ2v) is 10.2. The Morgan fingerprint density at radius 1 is 1.03 bits per heavy atom. The highest BCUT2D eigenvalue weighted by Gasteiger charge is 2.16. The Balaban J connectivity index is 1.34. The molecule has 1 amide bonds. The van der Waals surface area contributed by atoms with Gasteiger partial charge in [-0.15, -0.1) is 0 Å². The molecule has 0 aliphatic carbocycles. The van der Waals surface area contributed by atoms with E-state index in [1.54, 1.807) is 43.3 Å². The number of hydrogen-bond donors (Lipinski definition) is 2. The number of sulfonamides is 1. The molecule has 1 heterocycles. The van der Waals surface area contributed by atoms with Crippen molar-refractivity contribution in [3.63, 3.8) is 0 Å². The first kappa shape index (κ1) is 26.8. The summed E-state index contributed by atoms with van der Waals surface area (Å²) < 4.78 is 43.5. The molecular weight excluding hydrogens is 530 g/mol. The number of ether oxygens (including phenoxy) is 2. The lowest BCUT2D eigenvalue weighted by Gasteiger charge is -2.11. The van der Waals surface area contributed by atoms with Gasteiger partial charge in [0.2, 0.25) is 5.91 Å². The fourth-order valence-electron chi connectivity index (χ4n) is 3.33. The number of nitrogens with one attached hydrogen (secondary N) is 2. The van der Waals surface area contributed by atoms with Crippen LogP contribution in [0.4, 0.5) is 11.5 Å². The number of aromatic nitrogens is 1. The van der Waals surface area contributed by atoms with Crippen molar-refractivity contribution < 1.29 is 27.2 Å². The molecule has 9 nitrogen and oxygen atoms in total. The molecule has 0 bridgehead atoms. The summed E-state index contributed by atoms with van der Waals surface area (Å²) >= 11 is 5.91. The summed E-state index contributed by atoms with van der Waals surface area (Å²) in [6.07, 6.45) is 2.99. The second kappa shape index (κ2) is 11.8. The predicted octanol–water partition coefficient (Wildman–Crippen LogP) is 5.68. The zero-order valence-corrected chi connectivity index (χ0v) is 22.0. The monoisotopic (exact) mass is 553 g/mol. The van der Waals surface area contributed by atoms with Crippen LogP contribution in [-0.4, -0.2) is 26.6 Å². The van der Waals surface area contributed by atoms with Gasteiger partial charge in [0.1, 0.15) is 12.4 Å². The second-order valence-electron chi connectivity index (χ2n) is 8.10. The van der Waals surface area contributed by atoms with Gasteiger partial charge in [0.25, 0.3) is 10.0 Å². The van der Waals surface area contributed by atoms with E-state index < -0.39 is 10.0 Å². The summed E-state index contributed by atoms with van der Waals surface area (Å²) in [7, 11) is -2.31. The minimum atomic E-state index is -3.85. The van der Waals surface area contributed by atoms with Crippen LogP contribution >= 0.6 is 11.6 Å². The molecule has 0 unspecified atom stereocenters. The van der Waals surface area contributed by atoms with Crippen molar-refractivity contribution >= 4 is 45.1 Å². The van der Waals surface area contributed by atoms with E-state index in [1.807, 2.05) is 12.1 Å². The third kappa shape index (κ3) is 7.15. The highest BCUT2D eigenvalue weighted by atomic mass is 35.5. The Kier molecular flexibility index (Phi) is 8.35. The lowest BCUT2D eigenvalue weighted by atomic mass is 10.2. The fraction of sp³-hybridized carbons (Fsp3) is 0.111. The molecule has 3 aromatic carbocycles. The van der Waals surface area contributed by atoms with Crippen LogP contribution in [0.3, 0.4) is 0 Å². The van der Waals surface area contributed by atoms with E-state index in [2.05, 4.69) is 15.2 Å². The molecule has 0 aliphatic heterocycles. The molecule has 1 aromatic heterocycles. The van der Waals surface area contributed by atoms with E-state index in [1.165, 1.54) is 43.5 Å². The van der Waals surface area contributed by atoms with E-state index in [0.717, 1.165) is 11.1 Å². The molecule has 38 heavy (non-hydrogen) atoms. The third-order valence-electron chi connectivity index (χ3n) is 5.22. The van der Waals surface area contributed by atoms with Crippen LogP contribution in [0.1, 0.15) is 16.9 Å². The SMILES string of the molecule is COc1cc(C=CC(=O)Nc2ccc(S(=O)(=O)Nc3cc(C)on3)cc2)ccc1OCc1ccc(Cl)cc1. The quantitative estimate of drug-likeness (QED) is 0.242. The lowest BCUT2D eigenvalue weighted by molar-refractivity contribution is -0.111. The van der Waals surface area contributed by atoms with E-state index in [9.17, 15) is 13.2 Å². The Morgan fingerprint density at radius 3 is 2.42 bits per heavy atom. The maximum absolute atomic E-state index is 12.5. The van der Waals surface area contributed by atoms with Crippen molar-refractivity contribution in [1.29, 1.82) is 0 Å². The average Bonchev–Trinajstić information content (AvgIpc) is 3.31. The molecule has 0 atom stereocenters. The van der Waals surface area contributed by atoms with Gasteiger partial charge in [-0.1, -0.05) is 35.0 Å². The number of amides is 1. The largest absolute Gasteiger partial charge is 0.493 e. The van der Waals surface area contributed by atoms with Gasteiger partial charge in [0, 0.05) is 22.9 Å².